The van der Waals surface area contributed by atoms with Crippen molar-refractivity contribution in [3.8, 4) is 11.5 Å². The van der Waals surface area contributed by atoms with Gasteiger partial charge in [-0.1, -0.05) is 36.8 Å². The predicted octanol–water partition coefficient (Wildman–Crippen LogP) is 4.28. The Labute approximate surface area is 114 Å². The minimum atomic E-state index is 0.146. The molecule has 0 heterocycles. The maximum atomic E-state index is 6.31. The quantitative estimate of drug-likeness (QED) is 0.882. The molecular weight excluding hydrogens is 234 g/mol. The van der Waals surface area contributed by atoms with Gasteiger partial charge in [0.25, 0.3) is 0 Å². The summed E-state index contributed by atoms with van der Waals surface area (Å²) < 4.78 is 5.85. The van der Waals surface area contributed by atoms with E-state index in [4.69, 9.17) is 10.5 Å². The van der Waals surface area contributed by atoms with Crippen molar-refractivity contribution in [3.63, 3.8) is 0 Å². The first kappa shape index (κ1) is 12.2. The summed E-state index contributed by atoms with van der Waals surface area (Å²) in [6, 6.07) is 18.1. The standard InChI is InChI=1S/C17H19NO/c18-17(13-6-4-7-13)14-8-5-11-16(12-14)19-15-9-2-1-3-10-15/h1-3,5,8-13,17H,4,6-7,18H2/t17-/m0/s1. The van der Waals surface area contributed by atoms with Crippen LogP contribution in [-0.4, -0.2) is 0 Å². The molecule has 1 atom stereocenters. The third-order valence-corrected chi connectivity index (χ3v) is 3.88. The lowest BCUT2D eigenvalue weighted by atomic mass is 9.77. The lowest BCUT2D eigenvalue weighted by Crippen LogP contribution is -2.26. The SMILES string of the molecule is N[C@H](c1cccc(Oc2ccccc2)c1)C1CCC1. The van der Waals surface area contributed by atoms with Crippen molar-refractivity contribution >= 4 is 0 Å². The maximum absolute atomic E-state index is 6.31. The van der Waals surface area contributed by atoms with Crippen LogP contribution in [0.4, 0.5) is 0 Å². The number of ether oxygens (including phenoxy) is 1. The van der Waals surface area contributed by atoms with Gasteiger partial charge in [-0.25, -0.2) is 0 Å². The Kier molecular flexibility index (Phi) is 3.51. The molecule has 2 aromatic rings. The molecule has 0 saturated heterocycles. The predicted molar refractivity (Wildman–Crippen MR) is 77.2 cm³/mol. The summed E-state index contributed by atoms with van der Waals surface area (Å²) >= 11 is 0. The second-order valence-corrected chi connectivity index (χ2v) is 5.20. The van der Waals surface area contributed by atoms with Crippen molar-refractivity contribution in [1.29, 1.82) is 0 Å². The first-order chi connectivity index (χ1) is 9.33. The average molecular weight is 253 g/mol. The second-order valence-electron chi connectivity index (χ2n) is 5.20. The molecule has 1 aliphatic rings. The monoisotopic (exact) mass is 253 g/mol. The van der Waals surface area contributed by atoms with Gasteiger partial charge < -0.3 is 10.5 Å². The third kappa shape index (κ3) is 2.79. The van der Waals surface area contributed by atoms with Crippen LogP contribution < -0.4 is 10.5 Å². The van der Waals surface area contributed by atoms with Crippen LogP contribution in [0.1, 0.15) is 30.9 Å². The topological polar surface area (TPSA) is 35.2 Å². The van der Waals surface area contributed by atoms with Gasteiger partial charge in [-0.3, -0.25) is 0 Å². The van der Waals surface area contributed by atoms with Crippen molar-refractivity contribution < 1.29 is 4.74 Å². The minimum absolute atomic E-state index is 0.146. The molecule has 0 spiro atoms. The van der Waals surface area contributed by atoms with E-state index in [1.165, 1.54) is 24.8 Å². The van der Waals surface area contributed by atoms with Crippen LogP contribution in [0.15, 0.2) is 54.6 Å². The highest BCUT2D eigenvalue weighted by atomic mass is 16.5. The molecule has 0 aromatic heterocycles. The van der Waals surface area contributed by atoms with Gasteiger partial charge in [0.1, 0.15) is 11.5 Å². The summed E-state index contributed by atoms with van der Waals surface area (Å²) in [5.74, 6) is 2.36. The Morgan fingerprint density at radius 3 is 2.37 bits per heavy atom. The molecule has 2 aromatic carbocycles. The fourth-order valence-electron chi connectivity index (χ4n) is 2.48. The Balaban J connectivity index is 1.76. The molecule has 0 amide bonds. The Bertz CT molecular complexity index is 534. The van der Waals surface area contributed by atoms with E-state index in [-0.39, 0.29) is 6.04 Å². The summed E-state index contributed by atoms with van der Waals surface area (Å²) in [6.45, 7) is 0. The fraction of sp³-hybridized carbons (Fsp3) is 0.294. The molecule has 1 fully saturated rings. The van der Waals surface area contributed by atoms with Crippen LogP contribution in [0.5, 0.6) is 11.5 Å². The van der Waals surface area contributed by atoms with Crippen molar-refractivity contribution in [2.24, 2.45) is 11.7 Å². The summed E-state index contributed by atoms with van der Waals surface area (Å²) in [5, 5.41) is 0. The smallest absolute Gasteiger partial charge is 0.127 e. The van der Waals surface area contributed by atoms with Crippen LogP contribution in [0, 0.1) is 5.92 Å². The molecule has 2 nitrogen and oxygen atoms in total. The molecule has 1 saturated carbocycles. The zero-order valence-corrected chi connectivity index (χ0v) is 11.0. The molecule has 19 heavy (non-hydrogen) atoms. The van der Waals surface area contributed by atoms with Crippen molar-refractivity contribution in [1.82, 2.24) is 0 Å². The van der Waals surface area contributed by atoms with Gasteiger partial charge in [0, 0.05) is 6.04 Å². The van der Waals surface area contributed by atoms with Gasteiger partial charge in [-0.2, -0.15) is 0 Å². The summed E-state index contributed by atoms with van der Waals surface area (Å²) in [6.07, 6.45) is 3.83. The summed E-state index contributed by atoms with van der Waals surface area (Å²) in [7, 11) is 0. The van der Waals surface area contributed by atoms with Gasteiger partial charge in [0.15, 0.2) is 0 Å². The Hall–Kier alpha value is -1.80. The molecule has 0 aliphatic heterocycles. The van der Waals surface area contributed by atoms with Gasteiger partial charge in [-0.15, -0.1) is 0 Å². The first-order valence-electron chi connectivity index (χ1n) is 6.91. The van der Waals surface area contributed by atoms with Gasteiger partial charge in [-0.05, 0) is 48.6 Å². The Morgan fingerprint density at radius 1 is 0.947 bits per heavy atom. The average Bonchev–Trinajstić information content (AvgIpc) is 2.38. The van der Waals surface area contributed by atoms with Crippen LogP contribution in [-0.2, 0) is 0 Å². The van der Waals surface area contributed by atoms with E-state index >= 15 is 0 Å². The lowest BCUT2D eigenvalue weighted by molar-refractivity contribution is 0.264. The highest BCUT2D eigenvalue weighted by Gasteiger charge is 2.25. The molecule has 1 aliphatic carbocycles. The number of para-hydroxylation sites is 1. The van der Waals surface area contributed by atoms with E-state index in [0.29, 0.717) is 5.92 Å². The fourth-order valence-corrected chi connectivity index (χ4v) is 2.48. The van der Waals surface area contributed by atoms with E-state index in [9.17, 15) is 0 Å². The van der Waals surface area contributed by atoms with E-state index in [1.807, 2.05) is 42.5 Å². The molecule has 2 N–H and O–H groups in total. The number of hydrogen-bond donors (Lipinski definition) is 1. The van der Waals surface area contributed by atoms with Crippen molar-refractivity contribution in [2.45, 2.75) is 25.3 Å². The molecule has 98 valence electrons. The van der Waals surface area contributed by atoms with Crippen LogP contribution in [0.3, 0.4) is 0 Å². The zero-order chi connectivity index (χ0) is 13.1. The van der Waals surface area contributed by atoms with Gasteiger partial charge >= 0.3 is 0 Å². The molecular formula is C17H19NO. The number of rotatable bonds is 4. The molecule has 0 unspecified atom stereocenters. The number of nitrogens with two attached hydrogens (primary N) is 1. The maximum Gasteiger partial charge on any atom is 0.127 e. The molecule has 0 radical (unpaired) electrons. The molecule has 3 rings (SSSR count). The van der Waals surface area contributed by atoms with E-state index in [1.54, 1.807) is 0 Å². The minimum Gasteiger partial charge on any atom is -0.457 e. The van der Waals surface area contributed by atoms with Crippen LogP contribution in [0.25, 0.3) is 0 Å². The summed E-state index contributed by atoms with van der Waals surface area (Å²) in [5.41, 5.74) is 7.49. The van der Waals surface area contributed by atoms with E-state index in [2.05, 4.69) is 12.1 Å². The number of benzene rings is 2. The van der Waals surface area contributed by atoms with Gasteiger partial charge in [0.05, 0.1) is 0 Å². The molecule has 0 bridgehead atoms. The number of hydrogen-bond acceptors (Lipinski definition) is 2. The lowest BCUT2D eigenvalue weighted by Gasteiger charge is -2.31. The second kappa shape index (κ2) is 5.45. The highest BCUT2D eigenvalue weighted by molar-refractivity contribution is 5.35. The summed E-state index contributed by atoms with van der Waals surface area (Å²) in [4.78, 5) is 0. The van der Waals surface area contributed by atoms with E-state index in [0.717, 1.165) is 11.5 Å². The highest BCUT2D eigenvalue weighted by Crippen LogP contribution is 2.37. The van der Waals surface area contributed by atoms with Crippen molar-refractivity contribution in [2.75, 3.05) is 0 Å². The largest absolute Gasteiger partial charge is 0.457 e. The van der Waals surface area contributed by atoms with Crippen LogP contribution >= 0.6 is 0 Å². The Morgan fingerprint density at radius 2 is 1.68 bits per heavy atom. The molecule has 2 heteroatoms. The van der Waals surface area contributed by atoms with Crippen LogP contribution in [0.2, 0.25) is 0 Å². The first-order valence-corrected chi connectivity index (χ1v) is 6.91. The normalized spacial score (nSPS) is 16.7. The third-order valence-electron chi connectivity index (χ3n) is 3.88. The zero-order valence-electron chi connectivity index (χ0n) is 11.0. The van der Waals surface area contributed by atoms with Gasteiger partial charge in [0.2, 0.25) is 0 Å². The van der Waals surface area contributed by atoms with E-state index < -0.39 is 0 Å². The van der Waals surface area contributed by atoms with Crippen molar-refractivity contribution in [3.05, 3.63) is 60.2 Å².